The second-order valence-electron chi connectivity index (χ2n) is 10.2. The largest absolute Gasteiger partial charge is 0.455 e. The predicted octanol–water partition coefficient (Wildman–Crippen LogP) is 5.75. The number of nitrogens with two attached hydrogens (primary N) is 2. The average molecular weight is 632 g/mol. The zero-order valence-electron chi connectivity index (χ0n) is 24.7. The summed E-state index contributed by atoms with van der Waals surface area (Å²) in [5.41, 5.74) is 10.1. The van der Waals surface area contributed by atoms with Crippen LogP contribution in [0.15, 0.2) is 83.3 Å². The molecule has 0 fully saturated rings. The molecule has 2 amide bonds. The van der Waals surface area contributed by atoms with Crippen LogP contribution in [0.5, 0.6) is 0 Å². The van der Waals surface area contributed by atoms with E-state index >= 15 is 0 Å². The Labute approximate surface area is 262 Å². The quantitative estimate of drug-likeness (QED) is 0.0531. The molecule has 0 spiro atoms. The summed E-state index contributed by atoms with van der Waals surface area (Å²) in [6, 6.07) is 18.5. The summed E-state index contributed by atoms with van der Waals surface area (Å²) in [5, 5.41) is 14.1. The maximum Gasteiger partial charge on any atom is 0.270 e. The number of nitrogens with zero attached hydrogens (tertiary/aromatic N) is 2. The second kappa shape index (κ2) is 13.0. The molecule has 6 N–H and O–H groups in total. The normalized spacial score (nSPS) is 11.8. The first-order valence-corrected chi connectivity index (χ1v) is 15.0. The van der Waals surface area contributed by atoms with Crippen molar-refractivity contribution in [2.75, 3.05) is 37.0 Å². The summed E-state index contributed by atoms with van der Waals surface area (Å²) in [6.45, 7) is -0.508. The number of fused-ring (bicyclic) bond motifs is 1. The van der Waals surface area contributed by atoms with E-state index in [4.69, 9.17) is 16.0 Å². The fraction of sp³-hybridized carbons (Fsp3) is 0.152. The Morgan fingerprint density at radius 3 is 2.20 bits per heavy atom. The van der Waals surface area contributed by atoms with Gasteiger partial charge in [0, 0.05) is 48.6 Å². The fourth-order valence-corrected chi connectivity index (χ4v) is 5.45. The Morgan fingerprint density at radius 2 is 1.60 bits per heavy atom. The van der Waals surface area contributed by atoms with Crippen molar-refractivity contribution < 1.29 is 27.9 Å². The van der Waals surface area contributed by atoms with Crippen LogP contribution >= 0.6 is 11.9 Å². The minimum Gasteiger partial charge on any atom is -0.455 e. The highest BCUT2D eigenvalue weighted by molar-refractivity contribution is 7.99. The van der Waals surface area contributed by atoms with E-state index in [9.17, 15) is 23.5 Å². The first kappa shape index (κ1) is 31.5. The summed E-state index contributed by atoms with van der Waals surface area (Å²) < 4.78 is 35.3. The molecule has 0 unspecified atom stereocenters. The number of carbonyl (C=O) groups is 2. The van der Waals surface area contributed by atoms with Crippen LogP contribution in [0.4, 0.5) is 20.2 Å². The number of carbonyl (C=O) groups excluding carboxylic acids is 2. The van der Waals surface area contributed by atoms with Crippen molar-refractivity contribution in [3.05, 3.63) is 107 Å². The molecule has 0 saturated heterocycles. The second-order valence-corrected chi connectivity index (χ2v) is 11.1. The van der Waals surface area contributed by atoms with Gasteiger partial charge in [-0.15, -0.1) is 0 Å². The minimum absolute atomic E-state index is 0.0825. The molecule has 0 bridgehead atoms. The fourth-order valence-electron chi connectivity index (χ4n) is 5.11. The first-order valence-electron chi connectivity index (χ1n) is 13.8. The van der Waals surface area contributed by atoms with Crippen LogP contribution < -0.4 is 21.2 Å². The van der Waals surface area contributed by atoms with Gasteiger partial charge in [0.15, 0.2) is 0 Å². The molecule has 0 aliphatic carbocycles. The topological polar surface area (TPSA) is 138 Å². The highest BCUT2D eigenvalue weighted by atomic mass is 32.2. The molecule has 232 valence electrons. The van der Waals surface area contributed by atoms with Crippen molar-refractivity contribution in [1.29, 1.82) is 0 Å². The standard InChI is InChI=1S/C33H31F2N5O4S/c1-38-32(42)30-25-15-23(27(39(2)45-3)16-29(25)44-31(30)19-6-11-22(35)12-7-19)20-8-13-26(36)24(14-20)33(43)40(37)28(17-41)18-4-9-21(34)10-5-18/h4-16,28,41H,17,36-37H2,1-3H3,(H,38,42)/t28-/m1/s1. The monoisotopic (exact) mass is 631 g/mol. The van der Waals surface area contributed by atoms with Crippen LogP contribution in [-0.2, 0) is 0 Å². The molecular weight excluding hydrogens is 600 g/mol. The smallest absolute Gasteiger partial charge is 0.270 e. The Kier molecular flexibility index (Phi) is 9.09. The third-order valence-corrected chi connectivity index (χ3v) is 8.32. The number of rotatable bonds is 9. The first-order chi connectivity index (χ1) is 21.6. The van der Waals surface area contributed by atoms with Crippen LogP contribution in [0, 0.1) is 11.6 Å². The van der Waals surface area contributed by atoms with Crippen LogP contribution in [0.2, 0.25) is 0 Å². The van der Waals surface area contributed by atoms with E-state index < -0.39 is 36.1 Å². The Balaban J connectivity index is 1.66. The zero-order valence-corrected chi connectivity index (χ0v) is 25.5. The highest BCUT2D eigenvalue weighted by Gasteiger charge is 2.27. The number of hydrogen-bond acceptors (Lipinski definition) is 8. The van der Waals surface area contributed by atoms with E-state index in [0.29, 0.717) is 38.9 Å². The summed E-state index contributed by atoms with van der Waals surface area (Å²) in [5.74, 6) is 4.56. The number of aliphatic hydroxyl groups excluding tert-OH is 1. The molecular formula is C33H31F2N5O4S. The van der Waals surface area contributed by atoms with Crippen molar-refractivity contribution in [3.63, 3.8) is 0 Å². The van der Waals surface area contributed by atoms with Crippen molar-refractivity contribution in [3.8, 4) is 22.5 Å². The van der Waals surface area contributed by atoms with Crippen LogP contribution in [0.1, 0.15) is 32.3 Å². The van der Waals surface area contributed by atoms with Gasteiger partial charge in [0.1, 0.15) is 23.0 Å². The van der Waals surface area contributed by atoms with Crippen LogP contribution in [-0.4, -0.2) is 48.9 Å². The summed E-state index contributed by atoms with van der Waals surface area (Å²) in [6.07, 6.45) is 1.89. The molecule has 5 aromatic rings. The van der Waals surface area contributed by atoms with Crippen LogP contribution in [0.3, 0.4) is 0 Å². The van der Waals surface area contributed by atoms with Crippen molar-refractivity contribution >= 4 is 46.1 Å². The van der Waals surface area contributed by atoms with Gasteiger partial charge >= 0.3 is 0 Å². The summed E-state index contributed by atoms with van der Waals surface area (Å²) >= 11 is 1.44. The molecule has 1 heterocycles. The molecule has 0 aliphatic heterocycles. The molecule has 45 heavy (non-hydrogen) atoms. The van der Waals surface area contributed by atoms with Crippen molar-refractivity contribution in [2.24, 2.45) is 5.84 Å². The minimum atomic E-state index is -0.957. The molecule has 9 nitrogen and oxygen atoms in total. The van der Waals surface area contributed by atoms with Gasteiger partial charge in [-0.1, -0.05) is 30.1 Å². The van der Waals surface area contributed by atoms with Gasteiger partial charge in [-0.25, -0.2) is 14.6 Å². The maximum atomic E-state index is 13.7. The van der Waals surface area contributed by atoms with E-state index in [1.54, 1.807) is 30.3 Å². The van der Waals surface area contributed by atoms with Crippen LogP contribution in [0.25, 0.3) is 33.4 Å². The lowest BCUT2D eigenvalue weighted by molar-refractivity contribution is 0.0590. The SMILES string of the molecule is CNC(=O)c1c(-c2ccc(F)cc2)oc2cc(N(C)SC)c(-c3ccc(N)c(C(=O)N(N)[C@H](CO)c4ccc(F)cc4)c3)cc12. The number of amides is 2. The van der Waals surface area contributed by atoms with E-state index in [-0.39, 0.29) is 22.6 Å². The van der Waals surface area contributed by atoms with Gasteiger partial charge in [0.05, 0.1) is 29.5 Å². The van der Waals surface area contributed by atoms with Gasteiger partial charge in [-0.2, -0.15) is 0 Å². The van der Waals surface area contributed by atoms with E-state index in [1.165, 1.54) is 67.5 Å². The van der Waals surface area contributed by atoms with E-state index in [0.717, 1.165) is 5.01 Å². The van der Waals surface area contributed by atoms with Gasteiger partial charge in [-0.05, 0) is 65.7 Å². The lowest BCUT2D eigenvalue weighted by Gasteiger charge is -2.27. The van der Waals surface area contributed by atoms with Gasteiger partial charge in [0.2, 0.25) is 0 Å². The number of furan rings is 1. The number of anilines is 2. The highest BCUT2D eigenvalue weighted by Crippen LogP contribution is 2.42. The lowest BCUT2D eigenvalue weighted by atomic mass is 9.96. The third-order valence-electron chi connectivity index (χ3n) is 7.57. The number of benzene rings is 4. The zero-order chi connectivity index (χ0) is 32.4. The molecule has 1 aromatic heterocycles. The van der Waals surface area contributed by atoms with E-state index in [2.05, 4.69) is 5.32 Å². The Bertz CT molecular complexity index is 1880. The molecule has 1 atom stereocenters. The molecule has 0 saturated carbocycles. The lowest BCUT2D eigenvalue weighted by Crippen LogP contribution is -2.42. The molecule has 12 heteroatoms. The maximum absolute atomic E-state index is 13.7. The van der Waals surface area contributed by atoms with Gasteiger partial charge in [-0.3, -0.25) is 14.6 Å². The average Bonchev–Trinajstić information content (AvgIpc) is 3.43. The summed E-state index contributed by atoms with van der Waals surface area (Å²) in [4.78, 5) is 26.9. The van der Waals surface area contributed by atoms with E-state index in [1.807, 2.05) is 17.6 Å². The third kappa shape index (κ3) is 6.07. The number of nitrogens with one attached hydrogen (secondary N) is 1. The van der Waals surface area contributed by atoms with Crippen molar-refractivity contribution in [1.82, 2.24) is 10.3 Å². The molecule has 0 radical (unpaired) electrons. The van der Waals surface area contributed by atoms with Gasteiger partial charge < -0.3 is 24.9 Å². The number of halogens is 2. The number of aliphatic hydroxyl groups is 1. The molecule has 0 aliphatic rings. The number of nitrogen functional groups attached to an aromatic ring is 1. The Hall–Kier alpha value is -4.91. The van der Waals surface area contributed by atoms with Gasteiger partial charge in [0.25, 0.3) is 11.8 Å². The summed E-state index contributed by atoms with van der Waals surface area (Å²) in [7, 11) is 3.37. The number of hydrazine groups is 1. The molecule has 4 aromatic carbocycles. The Morgan fingerprint density at radius 1 is 0.978 bits per heavy atom. The van der Waals surface area contributed by atoms with Crippen molar-refractivity contribution in [2.45, 2.75) is 6.04 Å². The number of hydrogen-bond donors (Lipinski definition) is 4. The predicted molar refractivity (Wildman–Crippen MR) is 173 cm³/mol. The molecule has 5 rings (SSSR count).